The van der Waals surface area contributed by atoms with Crippen molar-refractivity contribution in [3.8, 4) is 16.3 Å². The number of nitrogens with two attached hydrogens (primary N) is 1. The van der Waals surface area contributed by atoms with Gasteiger partial charge in [0.15, 0.2) is 0 Å². The fraction of sp³-hybridized carbons (Fsp3) is 0.318. The molecule has 1 amide bonds. The summed E-state index contributed by atoms with van der Waals surface area (Å²) in [7, 11) is 0. The number of anilines is 1. The lowest BCUT2D eigenvalue weighted by Crippen LogP contribution is -2.31. The molecule has 3 aromatic rings. The summed E-state index contributed by atoms with van der Waals surface area (Å²) in [5.74, 6) is -3.36. The maximum Gasteiger partial charge on any atom is 0.418 e. The molecule has 4 rings (SSSR count). The normalized spacial score (nSPS) is 18.0. The molecule has 1 aliphatic carbocycles. The van der Waals surface area contributed by atoms with Gasteiger partial charge in [-0.25, -0.2) is 13.8 Å². The van der Waals surface area contributed by atoms with E-state index in [4.69, 9.17) is 10.5 Å². The first-order valence-corrected chi connectivity index (χ1v) is 11.1. The third-order valence-electron chi connectivity index (χ3n) is 5.41. The maximum absolute atomic E-state index is 14.3. The van der Waals surface area contributed by atoms with Gasteiger partial charge in [0.05, 0.1) is 29.1 Å². The largest absolute Gasteiger partial charge is 0.478 e. The zero-order valence-electron chi connectivity index (χ0n) is 17.9. The molecule has 1 aliphatic rings. The van der Waals surface area contributed by atoms with Crippen LogP contribution in [0.5, 0.6) is 5.06 Å². The van der Waals surface area contributed by atoms with E-state index in [1.165, 1.54) is 6.20 Å². The summed E-state index contributed by atoms with van der Waals surface area (Å²) < 4.78 is 79.0. The fourth-order valence-electron chi connectivity index (χ4n) is 3.67. The van der Waals surface area contributed by atoms with Crippen molar-refractivity contribution >= 4 is 35.5 Å². The summed E-state index contributed by atoms with van der Waals surface area (Å²) in [6.07, 6.45) is -0.627. The molecule has 0 atom stereocenters. The van der Waals surface area contributed by atoms with E-state index >= 15 is 0 Å². The van der Waals surface area contributed by atoms with E-state index in [1.54, 1.807) is 0 Å². The average Bonchev–Trinajstić information content (AvgIpc) is 3.21. The number of ether oxygens (including phenoxy) is 1. The van der Waals surface area contributed by atoms with Gasteiger partial charge >= 0.3 is 6.18 Å². The number of hydrogen-bond acceptors (Lipinski definition) is 6. The topological polar surface area (TPSA) is 90.1 Å². The van der Waals surface area contributed by atoms with Crippen LogP contribution >= 0.6 is 23.9 Å². The molecule has 0 bridgehead atoms. The summed E-state index contributed by atoms with van der Waals surface area (Å²) in [6, 6.07) is 4.17. The minimum atomic E-state index is -4.95. The Morgan fingerprint density at radius 1 is 1.09 bits per heavy atom. The van der Waals surface area contributed by atoms with E-state index in [1.807, 2.05) is 0 Å². The molecule has 3 N–H and O–H groups in total. The number of benzene rings is 1. The summed E-state index contributed by atoms with van der Waals surface area (Å²) in [6.45, 7) is 0. The summed E-state index contributed by atoms with van der Waals surface area (Å²) >= 11 is 1.00. The lowest BCUT2D eigenvalue weighted by molar-refractivity contribution is -0.137. The van der Waals surface area contributed by atoms with Gasteiger partial charge in [0, 0.05) is 17.6 Å². The molecule has 35 heavy (non-hydrogen) atoms. The van der Waals surface area contributed by atoms with Gasteiger partial charge in [0.25, 0.3) is 5.91 Å². The first-order valence-electron chi connectivity index (χ1n) is 10.3. The monoisotopic (exact) mass is 534 g/mol. The molecule has 0 spiro atoms. The van der Waals surface area contributed by atoms with Crippen LogP contribution in [0.2, 0.25) is 0 Å². The molecule has 188 valence electrons. The zero-order chi connectivity index (χ0) is 24.5. The Balaban J connectivity index is 0.00000342. The second-order valence-electron chi connectivity index (χ2n) is 7.82. The van der Waals surface area contributed by atoms with Crippen LogP contribution in [0.1, 0.15) is 41.7 Å². The molecular formula is C22H20ClF5N4O2S. The third kappa shape index (κ3) is 6.06. The van der Waals surface area contributed by atoms with Crippen LogP contribution in [0.25, 0.3) is 11.3 Å². The average molecular weight is 535 g/mol. The summed E-state index contributed by atoms with van der Waals surface area (Å²) in [5.41, 5.74) is 2.28. The minimum Gasteiger partial charge on any atom is -0.478 e. The number of hydrogen-bond donors (Lipinski definition) is 2. The van der Waals surface area contributed by atoms with Gasteiger partial charge in [-0.15, -0.1) is 12.4 Å². The number of nitrogens with zero attached hydrogens (tertiary/aromatic N) is 2. The molecule has 1 saturated carbocycles. The maximum atomic E-state index is 14.3. The van der Waals surface area contributed by atoms with Gasteiger partial charge < -0.3 is 15.8 Å². The van der Waals surface area contributed by atoms with E-state index < -0.39 is 46.2 Å². The number of amides is 1. The summed E-state index contributed by atoms with van der Waals surface area (Å²) in [4.78, 5) is 16.5. The number of alkyl halides is 3. The van der Waals surface area contributed by atoms with Crippen LogP contribution in [0.15, 0.2) is 36.5 Å². The third-order valence-corrected chi connectivity index (χ3v) is 6.10. The van der Waals surface area contributed by atoms with Gasteiger partial charge in [-0.2, -0.15) is 17.5 Å². The second-order valence-corrected chi connectivity index (χ2v) is 8.59. The molecule has 0 saturated heterocycles. The van der Waals surface area contributed by atoms with Gasteiger partial charge in [0.2, 0.25) is 5.06 Å². The molecule has 0 aliphatic heterocycles. The standard InChI is InChI=1S/C22H19F5N4O2S.ClH/c23-14-2-1-3-15(24)18(14)19-13(22(25,26)27)8-9-16(30-19)20(32)31-17-10-29-34-21(17)33-12-6-4-11(28)5-7-12;/h1-3,8-12H,4-7,28H2,(H,31,32);1H/t11-,12-;. The number of carbonyl (C=O) groups excluding carboxylic acids is 1. The second kappa shape index (κ2) is 10.8. The Bertz CT molecular complexity index is 1180. The highest BCUT2D eigenvalue weighted by Crippen LogP contribution is 2.38. The van der Waals surface area contributed by atoms with Crippen LogP contribution in [-0.4, -0.2) is 27.4 Å². The van der Waals surface area contributed by atoms with Crippen LogP contribution in [0.4, 0.5) is 27.6 Å². The molecule has 0 radical (unpaired) electrons. The van der Waals surface area contributed by atoms with Crippen molar-refractivity contribution in [1.29, 1.82) is 0 Å². The van der Waals surface area contributed by atoms with Gasteiger partial charge in [0.1, 0.15) is 23.0 Å². The van der Waals surface area contributed by atoms with E-state index in [9.17, 15) is 26.7 Å². The van der Waals surface area contributed by atoms with Crippen molar-refractivity contribution in [2.24, 2.45) is 5.73 Å². The number of pyridine rings is 1. The van der Waals surface area contributed by atoms with Crippen molar-refractivity contribution in [1.82, 2.24) is 9.36 Å². The first kappa shape index (κ1) is 26.8. The summed E-state index contributed by atoms with van der Waals surface area (Å²) in [5, 5.41) is 2.83. The van der Waals surface area contributed by atoms with E-state index in [0.717, 1.165) is 61.5 Å². The number of rotatable bonds is 5. The molecule has 13 heteroatoms. The molecule has 2 heterocycles. The van der Waals surface area contributed by atoms with E-state index in [-0.39, 0.29) is 30.2 Å². The Morgan fingerprint density at radius 3 is 2.37 bits per heavy atom. The number of carbonyl (C=O) groups is 1. The van der Waals surface area contributed by atoms with Crippen molar-refractivity contribution in [3.05, 3.63) is 59.4 Å². The predicted octanol–water partition coefficient (Wildman–Crippen LogP) is 5.82. The lowest BCUT2D eigenvalue weighted by Gasteiger charge is -2.26. The highest BCUT2D eigenvalue weighted by molar-refractivity contribution is 7.08. The zero-order valence-corrected chi connectivity index (χ0v) is 19.6. The van der Waals surface area contributed by atoms with Crippen molar-refractivity contribution in [2.45, 2.75) is 44.0 Å². The highest BCUT2D eigenvalue weighted by Gasteiger charge is 2.36. The van der Waals surface area contributed by atoms with Crippen LogP contribution in [-0.2, 0) is 6.18 Å². The van der Waals surface area contributed by atoms with Crippen LogP contribution in [0, 0.1) is 11.6 Å². The van der Waals surface area contributed by atoms with Crippen molar-refractivity contribution < 1.29 is 31.5 Å². The Labute approximate surface area is 207 Å². The number of nitrogens with one attached hydrogen (secondary N) is 1. The molecular weight excluding hydrogens is 515 g/mol. The van der Waals surface area contributed by atoms with Gasteiger partial charge in [-0.05, 0) is 49.9 Å². The highest BCUT2D eigenvalue weighted by atomic mass is 35.5. The van der Waals surface area contributed by atoms with Gasteiger partial charge in [-0.3, -0.25) is 4.79 Å². The molecule has 2 aromatic heterocycles. The van der Waals surface area contributed by atoms with Gasteiger partial charge in [-0.1, -0.05) is 6.07 Å². The van der Waals surface area contributed by atoms with Crippen molar-refractivity contribution in [2.75, 3.05) is 5.32 Å². The lowest BCUT2D eigenvalue weighted by atomic mass is 9.94. The smallest absolute Gasteiger partial charge is 0.418 e. The predicted molar refractivity (Wildman–Crippen MR) is 123 cm³/mol. The van der Waals surface area contributed by atoms with Crippen LogP contribution < -0.4 is 15.8 Å². The van der Waals surface area contributed by atoms with E-state index in [2.05, 4.69) is 14.7 Å². The molecule has 0 unspecified atom stereocenters. The van der Waals surface area contributed by atoms with E-state index in [0.29, 0.717) is 11.1 Å². The minimum absolute atomic E-state index is 0. The molecule has 1 aromatic carbocycles. The Hall–Kier alpha value is -2.83. The Morgan fingerprint density at radius 2 is 1.74 bits per heavy atom. The fourth-order valence-corrected chi connectivity index (χ4v) is 4.31. The van der Waals surface area contributed by atoms with Crippen molar-refractivity contribution in [3.63, 3.8) is 0 Å². The number of halogens is 6. The van der Waals surface area contributed by atoms with Crippen LogP contribution in [0.3, 0.4) is 0 Å². The SMILES string of the molecule is Cl.N[C@H]1CC[C@H](Oc2sncc2NC(=O)c2ccc(C(F)(F)F)c(-c3c(F)cccc3F)n2)CC1. The molecule has 6 nitrogen and oxygen atoms in total. The number of aromatic nitrogens is 2. The Kier molecular flexibility index (Phi) is 8.29. The molecule has 1 fully saturated rings. The quantitative estimate of drug-likeness (QED) is 0.402. The first-order chi connectivity index (χ1) is 16.1.